The van der Waals surface area contributed by atoms with Crippen LogP contribution >= 0.6 is 0 Å². The Kier molecular flexibility index (Phi) is 8.81. The first-order valence-electron chi connectivity index (χ1n) is 17.9. The lowest BCUT2D eigenvalue weighted by atomic mass is 9.78. The molecule has 0 bridgehead atoms. The SMILES string of the molecule is CC(C)(c1ccc(OCc2ccnc(N3CC(O)C3)n2)cc1)c1ccc(OC2CC(Nc3ccc4c(c3)C(=O)N(C3CCC(=O)NC3=O)C4=O)C2)cc1. The normalized spacial score (nSPS) is 21.5. The molecule has 8 rings (SSSR count). The molecule has 1 saturated carbocycles. The third kappa shape index (κ3) is 6.79. The van der Waals surface area contributed by atoms with E-state index in [1.54, 1.807) is 24.4 Å². The van der Waals surface area contributed by atoms with Gasteiger partial charge in [0.25, 0.3) is 11.8 Å². The number of nitrogens with zero attached hydrogens (tertiary/aromatic N) is 4. The smallest absolute Gasteiger partial charge is 0.262 e. The fourth-order valence-electron chi connectivity index (χ4n) is 7.25. The van der Waals surface area contributed by atoms with Crippen LogP contribution in [0.4, 0.5) is 11.6 Å². The van der Waals surface area contributed by atoms with E-state index in [-0.39, 0.29) is 47.6 Å². The highest BCUT2D eigenvalue weighted by Crippen LogP contribution is 2.36. The van der Waals surface area contributed by atoms with Gasteiger partial charge in [0, 0.05) is 55.7 Å². The molecule has 0 radical (unpaired) electrons. The molecule has 1 unspecified atom stereocenters. The summed E-state index contributed by atoms with van der Waals surface area (Å²) in [7, 11) is 0. The summed E-state index contributed by atoms with van der Waals surface area (Å²) in [5.74, 6) is 0.0813. The number of aromatic nitrogens is 2. The molecule has 0 spiro atoms. The van der Waals surface area contributed by atoms with Gasteiger partial charge < -0.3 is 24.8 Å². The second-order valence-corrected chi connectivity index (χ2v) is 14.6. The molecule has 3 aromatic carbocycles. The van der Waals surface area contributed by atoms with E-state index in [4.69, 9.17) is 9.47 Å². The molecule has 1 atom stereocenters. The summed E-state index contributed by atoms with van der Waals surface area (Å²) in [5.41, 5.74) is 4.04. The molecule has 53 heavy (non-hydrogen) atoms. The third-order valence-corrected chi connectivity index (χ3v) is 10.6. The minimum atomic E-state index is -0.988. The van der Waals surface area contributed by atoms with Crippen LogP contribution < -0.4 is 25.0 Å². The molecule has 3 aliphatic heterocycles. The maximum atomic E-state index is 13.2. The number of benzene rings is 3. The molecule has 4 amide bonds. The van der Waals surface area contributed by atoms with Crippen molar-refractivity contribution in [2.45, 2.75) is 75.8 Å². The van der Waals surface area contributed by atoms with E-state index in [1.165, 1.54) is 0 Å². The Bertz CT molecular complexity index is 2070. The van der Waals surface area contributed by atoms with E-state index in [1.807, 2.05) is 35.2 Å². The van der Waals surface area contributed by atoms with Gasteiger partial charge in [0.1, 0.15) is 30.3 Å². The van der Waals surface area contributed by atoms with E-state index in [2.05, 4.69) is 58.7 Å². The average Bonchev–Trinajstić information content (AvgIpc) is 3.37. The first-order chi connectivity index (χ1) is 25.5. The number of carbonyl (C=O) groups is 4. The highest BCUT2D eigenvalue weighted by molar-refractivity contribution is 6.23. The summed E-state index contributed by atoms with van der Waals surface area (Å²) in [4.78, 5) is 61.9. The number of fused-ring (bicyclic) bond motifs is 1. The van der Waals surface area contributed by atoms with E-state index in [0.29, 0.717) is 31.3 Å². The van der Waals surface area contributed by atoms with Crippen molar-refractivity contribution in [1.82, 2.24) is 20.2 Å². The van der Waals surface area contributed by atoms with Gasteiger partial charge in [-0.1, -0.05) is 38.1 Å². The van der Waals surface area contributed by atoms with Crippen molar-refractivity contribution in [1.29, 1.82) is 0 Å². The Balaban J connectivity index is 0.816. The first kappa shape index (κ1) is 34.3. The molecule has 1 aliphatic carbocycles. The standard InChI is InChI=1S/C40H40N6O7/c1-40(2,23-3-8-29(9-4-23)52-22-26-15-16-41-39(43-26)45-20-28(47)21-45)24-5-10-30(11-6-24)53-31-17-27(18-31)42-25-7-12-32-33(19-25)38(51)46(37(32)50)34-13-14-35(48)44-36(34)49/h3-12,15-16,19,27-28,31,34,42,47H,13-14,17-18,20-22H2,1-2H3,(H,44,48,49). The molecule has 4 aliphatic rings. The molecule has 1 aromatic heterocycles. The number of imide groups is 2. The second kappa shape index (κ2) is 13.6. The number of rotatable bonds is 11. The lowest BCUT2D eigenvalue weighted by molar-refractivity contribution is -0.136. The molecule has 2 saturated heterocycles. The van der Waals surface area contributed by atoms with Crippen molar-refractivity contribution in [3.63, 3.8) is 0 Å². The van der Waals surface area contributed by atoms with Crippen LogP contribution in [0.2, 0.25) is 0 Å². The summed E-state index contributed by atoms with van der Waals surface area (Å²) in [6.07, 6.45) is 3.18. The zero-order valence-electron chi connectivity index (χ0n) is 29.5. The molecule has 3 fully saturated rings. The van der Waals surface area contributed by atoms with Gasteiger partial charge >= 0.3 is 0 Å². The number of carbonyl (C=O) groups excluding carboxylic acids is 4. The predicted molar refractivity (Wildman–Crippen MR) is 194 cm³/mol. The van der Waals surface area contributed by atoms with Crippen molar-refractivity contribution in [3.05, 3.63) is 107 Å². The monoisotopic (exact) mass is 716 g/mol. The molecule has 272 valence electrons. The van der Waals surface area contributed by atoms with Crippen LogP contribution in [0.5, 0.6) is 11.5 Å². The number of hydrogen-bond acceptors (Lipinski definition) is 11. The van der Waals surface area contributed by atoms with Gasteiger partial charge in [-0.2, -0.15) is 0 Å². The largest absolute Gasteiger partial charge is 0.490 e. The highest BCUT2D eigenvalue weighted by atomic mass is 16.5. The van der Waals surface area contributed by atoms with Crippen molar-refractivity contribution in [2.75, 3.05) is 23.3 Å². The number of nitrogens with one attached hydrogen (secondary N) is 2. The fourth-order valence-corrected chi connectivity index (χ4v) is 7.25. The number of anilines is 2. The number of hydrogen-bond donors (Lipinski definition) is 3. The van der Waals surface area contributed by atoms with Crippen molar-refractivity contribution >= 4 is 35.3 Å². The van der Waals surface area contributed by atoms with E-state index in [9.17, 15) is 24.3 Å². The summed E-state index contributed by atoms with van der Waals surface area (Å²) in [6.45, 7) is 5.78. The predicted octanol–water partition coefficient (Wildman–Crippen LogP) is 3.99. The zero-order chi connectivity index (χ0) is 36.9. The third-order valence-electron chi connectivity index (χ3n) is 10.6. The number of amides is 4. The van der Waals surface area contributed by atoms with Gasteiger partial charge in [-0.3, -0.25) is 29.4 Å². The summed E-state index contributed by atoms with van der Waals surface area (Å²) in [5, 5.41) is 15.2. The lowest BCUT2D eigenvalue weighted by Crippen LogP contribution is -2.54. The van der Waals surface area contributed by atoms with E-state index >= 15 is 0 Å². The molecule has 4 heterocycles. The molecular formula is C40H40N6O7. The number of ether oxygens (including phenoxy) is 2. The Hall–Kier alpha value is -5.82. The molecule has 13 nitrogen and oxygen atoms in total. The number of piperidine rings is 1. The van der Waals surface area contributed by atoms with Crippen LogP contribution in [0.15, 0.2) is 79.0 Å². The van der Waals surface area contributed by atoms with Gasteiger partial charge in [0.2, 0.25) is 17.8 Å². The first-order valence-corrected chi connectivity index (χ1v) is 17.9. The topological polar surface area (TPSA) is 163 Å². The van der Waals surface area contributed by atoms with Gasteiger partial charge in [-0.25, -0.2) is 9.97 Å². The zero-order valence-corrected chi connectivity index (χ0v) is 29.5. The maximum Gasteiger partial charge on any atom is 0.262 e. The van der Waals surface area contributed by atoms with Gasteiger partial charge in [0.15, 0.2) is 0 Å². The quantitative estimate of drug-likeness (QED) is 0.193. The Morgan fingerprint density at radius 1 is 0.887 bits per heavy atom. The van der Waals surface area contributed by atoms with Crippen LogP contribution in [-0.2, 0) is 21.6 Å². The van der Waals surface area contributed by atoms with Gasteiger partial charge in [-0.15, -0.1) is 0 Å². The summed E-state index contributed by atoms with van der Waals surface area (Å²) in [6, 6.07) is 22.3. The van der Waals surface area contributed by atoms with Crippen molar-refractivity contribution < 1.29 is 33.8 Å². The van der Waals surface area contributed by atoms with E-state index < -0.39 is 29.7 Å². The van der Waals surface area contributed by atoms with E-state index in [0.717, 1.165) is 46.1 Å². The molecule has 13 heteroatoms. The summed E-state index contributed by atoms with van der Waals surface area (Å²) >= 11 is 0. The fraction of sp³-hybridized carbons (Fsp3) is 0.350. The average molecular weight is 717 g/mol. The molecule has 3 N–H and O–H groups in total. The number of β-amino-alcohol motifs (C(OH)–C–C–N with tert-alkyl or cyclic N) is 1. The Morgan fingerprint density at radius 3 is 2.25 bits per heavy atom. The molecular weight excluding hydrogens is 676 g/mol. The minimum absolute atomic E-state index is 0.0390. The van der Waals surface area contributed by atoms with Crippen LogP contribution in [0.3, 0.4) is 0 Å². The van der Waals surface area contributed by atoms with Crippen molar-refractivity contribution in [2.24, 2.45) is 0 Å². The second-order valence-electron chi connectivity index (χ2n) is 14.6. The van der Waals surface area contributed by atoms with Crippen molar-refractivity contribution in [3.8, 4) is 11.5 Å². The molecule has 4 aromatic rings. The number of aliphatic hydroxyl groups excluding tert-OH is 1. The van der Waals surface area contributed by atoms with Crippen LogP contribution in [-0.4, -0.2) is 81.0 Å². The lowest BCUT2D eigenvalue weighted by Gasteiger charge is -2.36. The highest BCUT2D eigenvalue weighted by Gasteiger charge is 2.45. The van der Waals surface area contributed by atoms with Crippen LogP contribution in [0, 0.1) is 0 Å². The van der Waals surface area contributed by atoms with Gasteiger partial charge in [0.05, 0.1) is 22.9 Å². The number of aliphatic hydroxyl groups is 1. The summed E-state index contributed by atoms with van der Waals surface area (Å²) < 4.78 is 12.3. The van der Waals surface area contributed by atoms with Crippen LogP contribution in [0.25, 0.3) is 0 Å². The Morgan fingerprint density at radius 2 is 1.57 bits per heavy atom. The van der Waals surface area contributed by atoms with Crippen LogP contribution in [0.1, 0.15) is 77.1 Å². The Labute approximate surface area is 306 Å². The van der Waals surface area contributed by atoms with Gasteiger partial charge in [-0.05, 0) is 66.1 Å². The maximum absolute atomic E-state index is 13.2. The minimum Gasteiger partial charge on any atom is -0.490 e.